The van der Waals surface area contributed by atoms with Crippen LogP contribution in [0.15, 0.2) is 18.5 Å². The molecule has 0 aliphatic carbocycles. The van der Waals surface area contributed by atoms with E-state index in [9.17, 15) is 8.42 Å². The molecule has 7 heteroatoms. The summed E-state index contributed by atoms with van der Waals surface area (Å²) >= 11 is 0. The summed E-state index contributed by atoms with van der Waals surface area (Å²) in [4.78, 5) is 4.17. The number of hydrogen-bond acceptors (Lipinski definition) is 5. The summed E-state index contributed by atoms with van der Waals surface area (Å²) in [5.41, 5.74) is 1.83. The summed E-state index contributed by atoms with van der Waals surface area (Å²) in [6, 6.07) is 2.07. The molecule has 2 aliphatic rings. The Balaban J connectivity index is 1.53. The monoisotopic (exact) mass is 340 g/mol. The fraction of sp³-hybridized carbons (Fsp3) is 0.688. The highest BCUT2D eigenvalue weighted by atomic mass is 32.2. The lowest BCUT2D eigenvalue weighted by Gasteiger charge is -2.52. The third kappa shape index (κ3) is 3.74. The van der Waals surface area contributed by atoms with Gasteiger partial charge in [-0.05, 0) is 31.4 Å². The summed E-state index contributed by atoms with van der Waals surface area (Å²) in [5.74, 6) is 0.142. The maximum absolute atomic E-state index is 11.9. The Morgan fingerprint density at radius 3 is 2.91 bits per heavy atom. The first-order valence-electron chi connectivity index (χ1n) is 8.06. The Morgan fingerprint density at radius 2 is 2.22 bits per heavy atom. The van der Waals surface area contributed by atoms with E-state index in [1.165, 1.54) is 4.31 Å². The van der Waals surface area contributed by atoms with Crippen LogP contribution in [-0.4, -0.2) is 54.9 Å². The minimum absolute atomic E-state index is 0.107. The molecular weight excluding hydrogens is 316 g/mol. The van der Waals surface area contributed by atoms with Gasteiger partial charge in [-0.3, -0.25) is 4.98 Å². The summed E-state index contributed by atoms with van der Waals surface area (Å²) in [7, 11) is -3.11. The number of ether oxygens (including phenoxy) is 2. The molecule has 0 N–H and O–H groups in total. The van der Waals surface area contributed by atoms with Crippen molar-refractivity contribution in [2.45, 2.75) is 45.0 Å². The minimum Gasteiger partial charge on any atom is -0.373 e. The van der Waals surface area contributed by atoms with E-state index in [0.29, 0.717) is 26.3 Å². The van der Waals surface area contributed by atoms with Crippen molar-refractivity contribution in [3.8, 4) is 0 Å². The lowest BCUT2D eigenvalue weighted by Crippen LogP contribution is -2.67. The molecule has 2 aliphatic heterocycles. The van der Waals surface area contributed by atoms with Crippen LogP contribution in [0.2, 0.25) is 0 Å². The van der Waals surface area contributed by atoms with Gasteiger partial charge < -0.3 is 9.47 Å². The largest absolute Gasteiger partial charge is 0.373 e. The summed E-state index contributed by atoms with van der Waals surface area (Å²) in [6.45, 7) is 5.74. The molecule has 0 bridgehead atoms. The van der Waals surface area contributed by atoms with E-state index in [1.54, 1.807) is 6.92 Å². The van der Waals surface area contributed by atoms with E-state index in [1.807, 2.05) is 19.3 Å². The molecule has 2 fully saturated rings. The topological polar surface area (TPSA) is 68.7 Å². The summed E-state index contributed by atoms with van der Waals surface area (Å²) in [6.07, 6.45) is 5.35. The zero-order valence-corrected chi connectivity index (χ0v) is 14.5. The van der Waals surface area contributed by atoms with Crippen LogP contribution in [0.25, 0.3) is 0 Å². The number of aromatic nitrogens is 1. The Labute approximate surface area is 137 Å². The second kappa shape index (κ2) is 6.47. The molecular formula is C16H24N2O4S. The van der Waals surface area contributed by atoms with Crippen molar-refractivity contribution in [2.24, 2.45) is 0 Å². The average Bonchev–Trinajstić information content (AvgIpc) is 2.51. The van der Waals surface area contributed by atoms with Gasteiger partial charge in [0.05, 0.1) is 24.1 Å². The number of aryl methyl sites for hydroxylation is 1. The number of nitrogens with zero attached hydrogens (tertiary/aromatic N) is 2. The van der Waals surface area contributed by atoms with E-state index in [4.69, 9.17) is 9.47 Å². The molecule has 2 saturated heterocycles. The molecule has 23 heavy (non-hydrogen) atoms. The minimum atomic E-state index is -3.11. The third-order valence-electron chi connectivity index (χ3n) is 4.55. The van der Waals surface area contributed by atoms with E-state index < -0.39 is 10.0 Å². The summed E-state index contributed by atoms with van der Waals surface area (Å²) in [5, 5.41) is 0. The normalized spacial score (nSPS) is 24.5. The standard InChI is InChI=1S/C16H24N2O4S/c1-3-23(19,20)18-11-16(12-18)7-15(4-5-22-16)21-10-14-6-13(2)8-17-9-14/h6,8-9,15H,3-5,7,10-12H2,1-2H3/t15-/m1/s1. The lowest BCUT2D eigenvalue weighted by atomic mass is 9.86. The maximum atomic E-state index is 11.9. The predicted molar refractivity (Wildman–Crippen MR) is 86.5 cm³/mol. The van der Waals surface area contributed by atoms with Gasteiger partial charge in [0.15, 0.2) is 0 Å². The van der Waals surface area contributed by atoms with Crippen molar-refractivity contribution in [1.82, 2.24) is 9.29 Å². The van der Waals surface area contributed by atoms with Gasteiger partial charge in [0.25, 0.3) is 0 Å². The molecule has 1 spiro atoms. The van der Waals surface area contributed by atoms with Crippen LogP contribution in [-0.2, 0) is 26.1 Å². The van der Waals surface area contributed by atoms with Gasteiger partial charge >= 0.3 is 0 Å². The lowest BCUT2D eigenvalue weighted by molar-refractivity contribution is -0.180. The van der Waals surface area contributed by atoms with Crippen molar-refractivity contribution < 1.29 is 17.9 Å². The quantitative estimate of drug-likeness (QED) is 0.812. The van der Waals surface area contributed by atoms with E-state index in [2.05, 4.69) is 11.1 Å². The molecule has 1 atom stereocenters. The van der Waals surface area contributed by atoms with Crippen LogP contribution in [0.3, 0.4) is 0 Å². The SMILES string of the molecule is CCS(=O)(=O)N1CC2(C[C@H](OCc3cncc(C)c3)CCO2)C1. The molecule has 6 nitrogen and oxygen atoms in total. The fourth-order valence-electron chi connectivity index (χ4n) is 3.23. The van der Waals surface area contributed by atoms with Gasteiger partial charge in [-0.1, -0.05) is 6.07 Å². The van der Waals surface area contributed by atoms with Crippen LogP contribution in [0.4, 0.5) is 0 Å². The molecule has 0 aromatic carbocycles. The van der Waals surface area contributed by atoms with Gasteiger partial charge in [0, 0.05) is 38.5 Å². The van der Waals surface area contributed by atoms with Gasteiger partial charge in [-0.2, -0.15) is 4.31 Å². The predicted octanol–water partition coefficient (Wildman–Crippen LogP) is 1.49. The second-order valence-corrected chi connectivity index (χ2v) is 8.75. The Morgan fingerprint density at radius 1 is 1.43 bits per heavy atom. The molecule has 1 aromatic rings. The van der Waals surface area contributed by atoms with Crippen LogP contribution >= 0.6 is 0 Å². The smallest absolute Gasteiger partial charge is 0.214 e. The van der Waals surface area contributed by atoms with E-state index in [0.717, 1.165) is 24.0 Å². The molecule has 1 aromatic heterocycles. The highest BCUT2D eigenvalue weighted by molar-refractivity contribution is 7.89. The highest BCUT2D eigenvalue weighted by Crippen LogP contribution is 2.37. The van der Waals surface area contributed by atoms with Crippen LogP contribution in [0.1, 0.15) is 30.9 Å². The number of rotatable bonds is 5. The molecule has 0 amide bonds. The van der Waals surface area contributed by atoms with Gasteiger partial charge in [0.2, 0.25) is 10.0 Å². The third-order valence-corrected chi connectivity index (χ3v) is 6.33. The maximum Gasteiger partial charge on any atom is 0.214 e. The average molecular weight is 340 g/mol. The first-order chi connectivity index (χ1) is 10.9. The van der Waals surface area contributed by atoms with Gasteiger partial charge in [-0.15, -0.1) is 0 Å². The Hall–Kier alpha value is -1.02. The van der Waals surface area contributed by atoms with Crippen molar-refractivity contribution in [3.05, 3.63) is 29.6 Å². The number of hydrogen-bond donors (Lipinski definition) is 0. The molecule has 128 valence electrons. The van der Waals surface area contributed by atoms with E-state index >= 15 is 0 Å². The fourth-order valence-corrected chi connectivity index (χ4v) is 4.46. The van der Waals surface area contributed by atoms with Gasteiger partial charge in [-0.25, -0.2) is 8.42 Å². The van der Waals surface area contributed by atoms with Crippen molar-refractivity contribution >= 4 is 10.0 Å². The molecule has 0 radical (unpaired) electrons. The molecule has 0 unspecified atom stereocenters. The number of pyridine rings is 1. The highest BCUT2D eigenvalue weighted by Gasteiger charge is 2.51. The van der Waals surface area contributed by atoms with E-state index in [-0.39, 0.29) is 17.5 Å². The first-order valence-corrected chi connectivity index (χ1v) is 9.67. The number of sulfonamides is 1. The van der Waals surface area contributed by atoms with Gasteiger partial charge in [0.1, 0.15) is 0 Å². The van der Waals surface area contributed by atoms with Crippen molar-refractivity contribution in [1.29, 1.82) is 0 Å². The zero-order chi connectivity index (χ0) is 16.5. The van der Waals surface area contributed by atoms with Crippen molar-refractivity contribution in [2.75, 3.05) is 25.4 Å². The summed E-state index contributed by atoms with van der Waals surface area (Å²) < 4.78 is 37.1. The van der Waals surface area contributed by atoms with Crippen molar-refractivity contribution in [3.63, 3.8) is 0 Å². The van der Waals surface area contributed by atoms with Crippen LogP contribution in [0, 0.1) is 6.92 Å². The first kappa shape index (κ1) is 16.8. The molecule has 0 saturated carbocycles. The Kier molecular flexibility index (Phi) is 4.73. The molecule has 3 rings (SSSR count). The van der Waals surface area contributed by atoms with Crippen LogP contribution < -0.4 is 0 Å². The Bertz CT molecular complexity index is 656. The molecule has 3 heterocycles. The second-order valence-electron chi connectivity index (χ2n) is 6.50. The zero-order valence-electron chi connectivity index (χ0n) is 13.7. The van der Waals surface area contributed by atoms with Crippen LogP contribution in [0.5, 0.6) is 0 Å².